The first kappa shape index (κ1) is 21.6. The zero-order valence-corrected chi connectivity index (χ0v) is 15.3. The molecule has 26 heavy (non-hydrogen) atoms. The molecule has 11 nitrogen and oxygen atoms in total. The van der Waals surface area contributed by atoms with E-state index in [-0.39, 0.29) is 32.7 Å². The fraction of sp³-hybridized carbons (Fsp3) is 0.733. The lowest BCUT2D eigenvalue weighted by Crippen LogP contribution is -2.73. The number of nitrogens with one attached hydrogen (secondary N) is 3. The first-order valence-corrected chi connectivity index (χ1v) is 8.54. The molecule has 1 rings (SSSR count). The molecule has 0 aliphatic heterocycles. The van der Waals surface area contributed by atoms with E-state index in [1.54, 1.807) is 20.8 Å². The van der Waals surface area contributed by atoms with Gasteiger partial charge in [0, 0.05) is 6.42 Å². The second-order valence-corrected chi connectivity index (χ2v) is 5.34. The zero-order valence-electron chi connectivity index (χ0n) is 15.3. The second-order valence-electron chi connectivity index (χ2n) is 5.34. The second kappa shape index (κ2) is 10.6. The molecule has 1 unspecified atom stereocenters. The highest BCUT2D eigenvalue weighted by Gasteiger charge is 2.54. The van der Waals surface area contributed by atoms with Crippen molar-refractivity contribution < 1.29 is 33.4 Å². The van der Waals surface area contributed by atoms with Crippen LogP contribution in [0.3, 0.4) is 0 Å². The Hall–Kier alpha value is -2.40. The van der Waals surface area contributed by atoms with E-state index >= 15 is 0 Å². The summed E-state index contributed by atoms with van der Waals surface area (Å²) in [5.41, 5.74) is 4.94. The summed E-state index contributed by atoms with van der Waals surface area (Å²) in [6.07, 6.45) is -0.390. The molecular formula is C15H26N4O7. The van der Waals surface area contributed by atoms with Gasteiger partial charge in [-0.3, -0.25) is 4.79 Å². The van der Waals surface area contributed by atoms with Crippen LogP contribution in [0.5, 0.6) is 0 Å². The fourth-order valence-electron chi connectivity index (χ4n) is 2.55. The van der Waals surface area contributed by atoms with Crippen molar-refractivity contribution in [3.05, 3.63) is 0 Å². The van der Waals surface area contributed by atoms with E-state index in [1.807, 2.05) is 0 Å². The van der Waals surface area contributed by atoms with Gasteiger partial charge in [0.2, 0.25) is 5.54 Å². The monoisotopic (exact) mass is 374 g/mol. The molecule has 3 N–H and O–H groups in total. The van der Waals surface area contributed by atoms with Crippen LogP contribution in [0.4, 0.5) is 9.59 Å². The van der Waals surface area contributed by atoms with Crippen LogP contribution in [0, 0.1) is 0 Å². The average molecular weight is 374 g/mol. The first-order valence-electron chi connectivity index (χ1n) is 8.54. The molecule has 148 valence electrons. The highest BCUT2D eigenvalue weighted by Crippen LogP contribution is 2.30. The van der Waals surface area contributed by atoms with Crippen molar-refractivity contribution in [3.8, 4) is 0 Å². The third-order valence-electron chi connectivity index (χ3n) is 3.67. The molecule has 1 fully saturated rings. The predicted molar refractivity (Wildman–Crippen MR) is 88.1 cm³/mol. The summed E-state index contributed by atoms with van der Waals surface area (Å²) < 4.78 is 14.6. The van der Waals surface area contributed by atoms with Gasteiger partial charge in [0.1, 0.15) is 0 Å². The van der Waals surface area contributed by atoms with Crippen LogP contribution < -0.4 is 16.4 Å². The fourth-order valence-corrected chi connectivity index (χ4v) is 2.55. The van der Waals surface area contributed by atoms with Crippen LogP contribution in [-0.2, 0) is 23.8 Å². The summed E-state index contributed by atoms with van der Waals surface area (Å²) in [5.74, 6) is -1.28. The number of rotatable bonds is 8. The number of esters is 1. The molecule has 0 spiro atoms. The average Bonchev–Trinajstić information content (AvgIpc) is 2.60. The molecule has 0 aromatic heterocycles. The third-order valence-corrected chi connectivity index (χ3v) is 3.67. The largest absolute Gasteiger partial charge is 0.464 e. The van der Waals surface area contributed by atoms with Crippen molar-refractivity contribution in [1.82, 2.24) is 21.5 Å². The Morgan fingerprint density at radius 1 is 1.00 bits per heavy atom. The van der Waals surface area contributed by atoms with Gasteiger partial charge in [-0.25, -0.2) is 25.2 Å². The molecule has 2 amide bonds. The Morgan fingerprint density at radius 3 is 2.19 bits per heavy atom. The summed E-state index contributed by atoms with van der Waals surface area (Å²) in [5, 5.41) is 0.821. The van der Waals surface area contributed by atoms with Gasteiger partial charge in [0.25, 0.3) is 0 Å². The molecule has 0 aromatic rings. The maximum Gasteiger partial charge on any atom is 0.422 e. The van der Waals surface area contributed by atoms with Crippen LogP contribution >= 0.6 is 0 Å². The predicted octanol–water partition coefficient (Wildman–Crippen LogP) is 0.560. The van der Waals surface area contributed by atoms with E-state index in [0.29, 0.717) is 12.8 Å². The topological polar surface area (TPSA) is 135 Å². The van der Waals surface area contributed by atoms with E-state index in [9.17, 15) is 19.2 Å². The van der Waals surface area contributed by atoms with Gasteiger partial charge in [0.05, 0.1) is 19.8 Å². The maximum absolute atomic E-state index is 12.7. The van der Waals surface area contributed by atoms with Crippen LogP contribution in [0.2, 0.25) is 0 Å². The van der Waals surface area contributed by atoms with Crippen molar-refractivity contribution in [1.29, 1.82) is 0 Å². The number of hydrogen-bond acceptors (Lipinski definition) is 9. The standard InChI is InChI=1S/C15H26N4O7/c1-4-24-12(21)15(10-8-7-9-11(15)20)19(17-14(23)26-6-3)18-16-13(22)25-5-2/h18H,4-10H2,1-3H3,(H,16,22)(H,17,23). The number of Topliss-reactive ketones (excluding diaryl/α,β-unsaturated/α-hetero) is 1. The molecule has 0 heterocycles. The van der Waals surface area contributed by atoms with Gasteiger partial charge >= 0.3 is 18.2 Å². The smallest absolute Gasteiger partial charge is 0.422 e. The molecule has 1 saturated carbocycles. The summed E-state index contributed by atoms with van der Waals surface area (Å²) in [6, 6.07) is 0. The lowest BCUT2D eigenvalue weighted by molar-refractivity contribution is -0.173. The number of carbonyl (C=O) groups is 4. The highest BCUT2D eigenvalue weighted by molar-refractivity contribution is 6.09. The highest BCUT2D eigenvalue weighted by atomic mass is 16.6. The normalized spacial score (nSPS) is 19.6. The van der Waals surface area contributed by atoms with Crippen LogP contribution in [-0.4, -0.2) is 54.4 Å². The Kier molecular flexibility index (Phi) is 8.79. The third kappa shape index (κ3) is 5.30. The lowest BCUT2D eigenvalue weighted by Gasteiger charge is -2.41. The minimum atomic E-state index is -1.83. The summed E-state index contributed by atoms with van der Waals surface area (Å²) in [7, 11) is 0. The number of ether oxygens (including phenoxy) is 3. The van der Waals surface area contributed by atoms with Crippen LogP contribution in [0.25, 0.3) is 0 Å². The van der Waals surface area contributed by atoms with Gasteiger partial charge in [-0.2, -0.15) is 0 Å². The number of hydrogen-bond donors (Lipinski definition) is 3. The van der Waals surface area contributed by atoms with Gasteiger partial charge in [-0.1, -0.05) is 0 Å². The minimum Gasteiger partial charge on any atom is -0.464 e. The van der Waals surface area contributed by atoms with Crippen molar-refractivity contribution >= 4 is 23.9 Å². The lowest BCUT2D eigenvalue weighted by atomic mass is 9.80. The zero-order chi connectivity index (χ0) is 19.6. The molecule has 0 bridgehead atoms. The van der Waals surface area contributed by atoms with Gasteiger partial charge in [-0.05, 0) is 40.0 Å². The molecule has 0 radical (unpaired) electrons. The molecule has 1 aliphatic carbocycles. The van der Waals surface area contributed by atoms with E-state index in [1.165, 1.54) is 0 Å². The van der Waals surface area contributed by atoms with E-state index in [2.05, 4.69) is 16.4 Å². The molecular weight excluding hydrogens is 348 g/mol. The van der Waals surface area contributed by atoms with Crippen molar-refractivity contribution in [2.24, 2.45) is 0 Å². The Labute approximate surface area is 151 Å². The number of nitrogens with zero attached hydrogens (tertiary/aromatic N) is 1. The molecule has 0 aromatic carbocycles. The molecule has 1 aliphatic rings. The van der Waals surface area contributed by atoms with Crippen molar-refractivity contribution in [2.75, 3.05) is 19.8 Å². The number of ketones is 1. The first-order chi connectivity index (χ1) is 12.4. The SMILES string of the molecule is CCOC(=O)NNN(NC(=O)OCC)C1(C(=O)OCC)CCCCC1=O. The molecule has 1 atom stereocenters. The quantitative estimate of drug-likeness (QED) is 0.241. The summed E-state index contributed by atoms with van der Waals surface area (Å²) in [4.78, 5) is 48.7. The summed E-state index contributed by atoms with van der Waals surface area (Å²) >= 11 is 0. The Morgan fingerprint density at radius 2 is 1.62 bits per heavy atom. The number of hydrazine groups is 3. The van der Waals surface area contributed by atoms with Gasteiger partial charge in [0.15, 0.2) is 5.78 Å². The molecule has 0 saturated heterocycles. The maximum atomic E-state index is 12.7. The van der Waals surface area contributed by atoms with Crippen molar-refractivity contribution in [2.45, 2.75) is 52.0 Å². The van der Waals surface area contributed by atoms with E-state index in [4.69, 9.17) is 14.2 Å². The Balaban J connectivity index is 3.13. The van der Waals surface area contributed by atoms with E-state index in [0.717, 1.165) is 5.12 Å². The number of amides is 2. The summed E-state index contributed by atoms with van der Waals surface area (Å²) in [6.45, 7) is 5.05. The van der Waals surface area contributed by atoms with Gasteiger partial charge in [-0.15, -0.1) is 10.7 Å². The van der Waals surface area contributed by atoms with Crippen LogP contribution in [0.15, 0.2) is 0 Å². The number of carbonyl (C=O) groups excluding carboxylic acids is 4. The van der Waals surface area contributed by atoms with Gasteiger partial charge < -0.3 is 14.2 Å². The van der Waals surface area contributed by atoms with Crippen LogP contribution in [0.1, 0.15) is 46.5 Å². The minimum absolute atomic E-state index is 0.0480. The van der Waals surface area contributed by atoms with Crippen molar-refractivity contribution in [3.63, 3.8) is 0 Å². The molecule has 11 heteroatoms. The van der Waals surface area contributed by atoms with E-state index < -0.39 is 29.5 Å². The Bertz CT molecular complexity index is 528.